The molecule has 0 bridgehead atoms. The van der Waals surface area contributed by atoms with Crippen LogP contribution in [0.25, 0.3) is 0 Å². The molecule has 0 aromatic heterocycles. The Kier molecular flexibility index (Phi) is 3.76. The van der Waals surface area contributed by atoms with Crippen molar-refractivity contribution in [3.05, 3.63) is 70.7 Å². The lowest BCUT2D eigenvalue weighted by Gasteiger charge is -2.16. The predicted octanol–water partition coefficient (Wildman–Crippen LogP) is 3.05. The molecule has 1 N–H and O–H groups in total. The molecule has 1 heterocycles. The molecule has 1 saturated heterocycles. The Bertz CT molecular complexity index is 667. The molecule has 0 radical (unpaired) electrons. The fourth-order valence-corrected chi connectivity index (χ4v) is 2.85. The van der Waals surface area contributed by atoms with Gasteiger partial charge in [-0.3, -0.25) is 9.59 Å². The SMILES string of the molecule is O=C1NCC(c2ccc(Cl)cc2)[C@@H]1C(=O)c1ccccc1. The van der Waals surface area contributed by atoms with Gasteiger partial charge in [-0.05, 0) is 17.7 Å². The molecular formula is C17H14ClNO2. The van der Waals surface area contributed by atoms with Gasteiger partial charge in [0.15, 0.2) is 5.78 Å². The van der Waals surface area contributed by atoms with Gasteiger partial charge in [0.1, 0.15) is 5.92 Å². The lowest BCUT2D eigenvalue weighted by atomic mass is 9.83. The second kappa shape index (κ2) is 5.70. The second-order valence-corrected chi connectivity index (χ2v) is 5.55. The van der Waals surface area contributed by atoms with Gasteiger partial charge in [0.2, 0.25) is 5.91 Å². The van der Waals surface area contributed by atoms with Crippen LogP contribution < -0.4 is 5.32 Å². The third-order valence-corrected chi connectivity index (χ3v) is 4.07. The molecule has 0 saturated carbocycles. The number of carbonyl (C=O) groups excluding carboxylic acids is 2. The molecule has 0 aliphatic carbocycles. The number of ketones is 1. The van der Waals surface area contributed by atoms with Crippen LogP contribution in [0.3, 0.4) is 0 Å². The molecule has 2 aromatic rings. The van der Waals surface area contributed by atoms with Crippen LogP contribution >= 0.6 is 11.6 Å². The summed E-state index contributed by atoms with van der Waals surface area (Å²) in [6.45, 7) is 0.476. The summed E-state index contributed by atoms with van der Waals surface area (Å²) in [4.78, 5) is 24.7. The highest BCUT2D eigenvalue weighted by Gasteiger charge is 2.41. The molecule has 1 fully saturated rings. The predicted molar refractivity (Wildman–Crippen MR) is 81.5 cm³/mol. The van der Waals surface area contributed by atoms with Crippen molar-refractivity contribution in [3.63, 3.8) is 0 Å². The van der Waals surface area contributed by atoms with Crippen molar-refractivity contribution < 1.29 is 9.59 Å². The summed E-state index contributed by atoms with van der Waals surface area (Å²) in [5, 5.41) is 3.43. The van der Waals surface area contributed by atoms with E-state index in [-0.39, 0.29) is 17.6 Å². The van der Waals surface area contributed by atoms with Crippen molar-refractivity contribution in [2.24, 2.45) is 5.92 Å². The zero-order valence-corrected chi connectivity index (χ0v) is 12.0. The van der Waals surface area contributed by atoms with Crippen LogP contribution in [0.5, 0.6) is 0 Å². The minimum absolute atomic E-state index is 0.134. The number of hydrogen-bond acceptors (Lipinski definition) is 2. The fraction of sp³-hybridized carbons (Fsp3) is 0.176. The Morgan fingerprint density at radius 3 is 2.38 bits per heavy atom. The average Bonchev–Trinajstić information content (AvgIpc) is 2.90. The Morgan fingerprint density at radius 2 is 1.71 bits per heavy atom. The van der Waals surface area contributed by atoms with E-state index in [1.54, 1.807) is 36.4 Å². The number of hydrogen-bond donors (Lipinski definition) is 1. The van der Waals surface area contributed by atoms with E-state index in [1.807, 2.05) is 18.2 Å². The standard InChI is InChI=1S/C17H14ClNO2/c18-13-8-6-11(7-9-13)14-10-19-17(21)15(14)16(20)12-4-2-1-3-5-12/h1-9,14-15H,10H2,(H,19,21)/t14?,15-/m1/s1. The monoisotopic (exact) mass is 299 g/mol. The minimum Gasteiger partial charge on any atom is -0.355 e. The van der Waals surface area contributed by atoms with E-state index in [0.29, 0.717) is 17.1 Å². The first kappa shape index (κ1) is 13.8. The maximum absolute atomic E-state index is 12.6. The van der Waals surface area contributed by atoms with Gasteiger partial charge in [0, 0.05) is 23.0 Å². The molecule has 1 aliphatic rings. The molecule has 1 unspecified atom stereocenters. The second-order valence-electron chi connectivity index (χ2n) is 5.11. The lowest BCUT2D eigenvalue weighted by molar-refractivity contribution is -0.121. The molecule has 106 valence electrons. The molecule has 3 nitrogen and oxygen atoms in total. The van der Waals surface area contributed by atoms with Crippen molar-refractivity contribution in [2.45, 2.75) is 5.92 Å². The summed E-state index contributed by atoms with van der Waals surface area (Å²) in [6.07, 6.45) is 0. The van der Waals surface area contributed by atoms with E-state index in [0.717, 1.165) is 5.56 Å². The molecule has 1 amide bonds. The first-order valence-corrected chi connectivity index (χ1v) is 7.17. The normalized spacial score (nSPS) is 21.1. The maximum Gasteiger partial charge on any atom is 0.231 e. The van der Waals surface area contributed by atoms with Crippen LogP contribution in [0.15, 0.2) is 54.6 Å². The lowest BCUT2D eigenvalue weighted by Crippen LogP contribution is -2.27. The van der Waals surface area contributed by atoms with Gasteiger partial charge in [-0.1, -0.05) is 54.1 Å². The van der Waals surface area contributed by atoms with E-state index < -0.39 is 5.92 Å². The Labute approximate surface area is 127 Å². The Hall–Kier alpha value is -2.13. The molecule has 2 aromatic carbocycles. The summed E-state index contributed by atoms with van der Waals surface area (Å²) in [5.74, 6) is -1.16. The van der Waals surface area contributed by atoms with Crippen molar-refractivity contribution in [2.75, 3.05) is 6.54 Å². The highest BCUT2D eigenvalue weighted by molar-refractivity contribution is 6.30. The molecule has 1 aliphatic heterocycles. The van der Waals surface area contributed by atoms with Gasteiger partial charge in [-0.25, -0.2) is 0 Å². The molecule has 3 rings (SSSR count). The number of halogens is 1. The van der Waals surface area contributed by atoms with Gasteiger partial charge in [0.25, 0.3) is 0 Å². The molecule has 21 heavy (non-hydrogen) atoms. The highest BCUT2D eigenvalue weighted by atomic mass is 35.5. The van der Waals surface area contributed by atoms with Gasteiger partial charge in [-0.2, -0.15) is 0 Å². The average molecular weight is 300 g/mol. The third-order valence-electron chi connectivity index (χ3n) is 3.82. The molecule has 4 heteroatoms. The van der Waals surface area contributed by atoms with Gasteiger partial charge in [0.05, 0.1) is 0 Å². The highest BCUT2D eigenvalue weighted by Crippen LogP contribution is 2.32. The molecular weight excluding hydrogens is 286 g/mol. The Morgan fingerprint density at radius 1 is 1.05 bits per heavy atom. The molecule has 0 spiro atoms. The van der Waals surface area contributed by atoms with E-state index in [9.17, 15) is 9.59 Å². The summed E-state index contributed by atoms with van der Waals surface area (Å²) in [5.41, 5.74) is 1.52. The third kappa shape index (κ3) is 2.69. The smallest absolute Gasteiger partial charge is 0.231 e. The topological polar surface area (TPSA) is 46.2 Å². The number of nitrogens with one attached hydrogen (secondary N) is 1. The molecule has 2 atom stereocenters. The number of amides is 1. The van der Waals surface area contributed by atoms with Crippen molar-refractivity contribution in [1.29, 1.82) is 0 Å². The minimum atomic E-state index is -0.673. The van der Waals surface area contributed by atoms with Crippen molar-refractivity contribution in [1.82, 2.24) is 5.32 Å². The largest absolute Gasteiger partial charge is 0.355 e. The summed E-state index contributed by atoms with van der Waals surface area (Å²) in [6, 6.07) is 16.3. The number of rotatable bonds is 3. The summed E-state index contributed by atoms with van der Waals surface area (Å²) >= 11 is 5.89. The zero-order chi connectivity index (χ0) is 14.8. The van der Waals surface area contributed by atoms with Crippen LogP contribution in [-0.2, 0) is 4.79 Å². The van der Waals surface area contributed by atoms with Crippen molar-refractivity contribution >= 4 is 23.3 Å². The maximum atomic E-state index is 12.6. The van der Waals surface area contributed by atoms with Gasteiger partial charge >= 0.3 is 0 Å². The fourth-order valence-electron chi connectivity index (χ4n) is 2.73. The Balaban J connectivity index is 1.93. The van der Waals surface area contributed by atoms with E-state index in [2.05, 4.69) is 5.32 Å². The van der Waals surface area contributed by atoms with E-state index >= 15 is 0 Å². The number of benzene rings is 2. The van der Waals surface area contributed by atoms with Crippen LogP contribution in [0.4, 0.5) is 0 Å². The summed E-state index contributed by atoms with van der Waals surface area (Å²) < 4.78 is 0. The first-order chi connectivity index (χ1) is 10.2. The quantitative estimate of drug-likeness (QED) is 0.699. The first-order valence-electron chi connectivity index (χ1n) is 6.79. The van der Waals surface area contributed by atoms with Crippen LogP contribution in [0.1, 0.15) is 21.8 Å². The van der Waals surface area contributed by atoms with Gasteiger partial charge in [-0.15, -0.1) is 0 Å². The van der Waals surface area contributed by atoms with E-state index in [1.165, 1.54) is 0 Å². The van der Waals surface area contributed by atoms with E-state index in [4.69, 9.17) is 11.6 Å². The van der Waals surface area contributed by atoms with Crippen LogP contribution in [0.2, 0.25) is 5.02 Å². The van der Waals surface area contributed by atoms with Crippen molar-refractivity contribution in [3.8, 4) is 0 Å². The van der Waals surface area contributed by atoms with Crippen LogP contribution in [-0.4, -0.2) is 18.2 Å². The zero-order valence-electron chi connectivity index (χ0n) is 11.3. The number of carbonyl (C=O) groups is 2. The van der Waals surface area contributed by atoms with Crippen LogP contribution in [0, 0.1) is 5.92 Å². The number of Topliss-reactive ketones (excluding diaryl/α,β-unsaturated/α-hetero) is 1. The van der Waals surface area contributed by atoms with Gasteiger partial charge < -0.3 is 5.32 Å². The summed E-state index contributed by atoms with van der Waals surface area (Å²) in [7, 11) is 0.